The third-order valence-electron chi connectivity index (χ3n) is 2.40. The second kappa shape index (κ2) is 4.76. The van der Waals surface area contributed by atoms with E-state index in [0.717, 1.165) is 17.3 Å². The van der Waals surface area contributed by atoms with E-state index in [-0.39, 0.29) is 6.04 Å². The van der Waals surface area contributed by atoms with Crippen molar-refractivity contribution in [3.8, 4) is 0 Å². The topological polar surface area (TPSA) is 38.3 Å². The van der Waals surface area contributed by atoms with E-state index in [0.29, 0.717) is 11.8 Å². The monoisotopic (exact) mass is 239 g/mol. The molecule has 0 saturated heterocycles. The van der Waals surface area contributed by atoms with Crippen LogP contribution < -0.4 is 5.32 Å². The van der Waals surface area contributed by atoms with Crippen molar-refractivity contribution in [3.63, 3.8) is 0 Å². The number of rotatable bonds is 4. The van der Waals surface area contributed by atoms with Gasteiger partial charge in [0.2, 0.25) is 0 Å². The lowest BCUT2D eigenvalue weighted by Crippen LogP contribution is -2.17. The van der Waals surface area contributed by atoms with E-state index in [1.54, 1.807) is 6.07 Å². The van der Waals surface area contributed by atoms with Gasteiger partial charge in [-0.25, -0.2) is 0 Å². The number of halogens is 1. The van der Waals surface area contributed by atoms with Crippen molar-refractivity contribution in [3.05, 3.63) is 46.8 Å². The number of hydrogen-bond acceptors (Lipinski definition) is 3. The highest BCUT2D eigenvalue weighted by Crippen LogP contribution is 2.17. The first-order valence-corrected chi connectivity index (χ1v) is 5.57. The summed E-state index contributed by atoms with van der Waals surface area (Å²) < 4.78 is 10.8. The summed E-state index contributed by atoms with van der Waals surface area (Å²) >= 11 is 5.68. The lowest BCUT2D eigenvalue weighted by atomic mass is 10.2. The molecule has 1 N–H and O–H groups in total. The molecule has 0 aliphatic heterocycles. The minimum atomic E-state index is 0.151. The molecule has 3 nitrogen and oxygen atoms in total. The molecule has 0 aliphatic rings. The van der Waals surface area contributed by atoms with Crippen molar-refractivity contribution in [1.29, 1.82) is 0 Å². The Labute approximate surface area is 99.4 Å². The molecule has 1 unspecified atom stereocenters. The van der Waals surface area contributed by atoms with E-state index in [2.05, 4.69) is 5.32 Å². The van der Waals surface area contributed by atoms with Crippen LogP contribution in [0.1, 0.15) is 30.2 Å². The van der Waals surface area contributed by atoms with Gasteiger partial charge in [-0.15, -0.1) is 0 Å². The fraction of sp³-hybridized carbons (Fsp3) is 0.333. The van der Waals surface area contributed by atoms with Crippen molar-refractivity contribution in [2.45, 2.75) is 26.4 Å². The molecular formula is C12H14ClNO2. The van der Waals surface area contributed by atoms with Crippen molar-refractivity contribution >= 4 is 11.6 Å². The van der Waals surface area contributed by atoms with Gasteiger partial charge in [0.05, 0.1) is 12.6 Å². The summed E-state index contributed by atoms with van der Waals surface area (Å²) in [4.78, 5) is 0. The Hall–Kier alpha value is -1.19. The number of furan rings is 2. The molecule has 16 heavy (non-hydrogen) atoms. The molecule has 0 aliphatic carbocycles. The summed E-state index contributed by atoms with van der Waals surface area (Å²) in [6, 6.07) is 7.67. The first-order chi connectivity index (χ1) is 7.65. The molecule has 2 aromatic rings. The molecule has 0 amide bonds. The predicted octanol–water partition coefficient (Wildman–Crippen LogP) is 3.69. The highest BCUT2D eigenvalue weighted by molar-refractivity contribution is 6.28. The van der Waals surface area contributed by atoms with Crippen molar-refractivity contribution in [1.82, 2.24) is 5.32 Å². The Morgan fingerprint density at radius 1 is 1.25 bits per heavy atom. The molecule has 0 spiro atoms. The van der Waals surface area contributed by atoms with Gasteiger partial charge in [-0.1, -0.05) is 0 Å². The van der Waals surface area contributed by atoms with E-state index in [9.17, 15) is 0 Å². The molecule has 1 atom stereocenters. The molecule has 0 bridgehead atoms. The summed E-state index contributed by atoms with van der Waals surface area (Å²) in [6.45, 7) is 4.61. The first kappa shape index (κ1) is 11.3. The average molecular weight is 240 g/mol. The smallest absolute Gasteiger partial charge is 0.193 e. The van der Waals surface area contributed by atoms with Crippen LogP contribution in [0.5, 0.6) is 0 Å². The zero-order valence-corrected chi connectivity index (χ0v) is 10.0. The van der Waals surface area contributed by atoms with Crippen LogP contribution in [-0.2, 0) is 6.54 Å². The van der Waals surface area contributed by atoms with Gasteiger partial charge in [0, 0.05) is 0 Å². The maximum absolute atomic E-state index is 5.68. The molecule has 4 heteroatoms. The molecule has 0 fully saturated rings. The minimum Gasteiger partial charge on any atom is -0.465 e. The molecule has 2 aromatic heterocycles. The van der Waals surface area contributed by atoms with Crippen molar-refractivity contribution < 1.29 is 8.83 Å². The standard InChI is InChI=1S/C12H14ClNO2/c1-8-3-5-11(15-8)9(2)14-7-10-4-6-12(13)16-10/h3-6,9,14H,7H2,1-2H3. The quantitative estimate of drug-likeness (QED) is 0.885. The highest BCUT2D eigenvalue weighted by atomic mass is 35.5. The van der Waals surface area contributed by atoms with Crippen LogP contribution in [0.3, 0.4) is 0 Å². The number of aryl methyl sites for hydroxylation is 1. The van der Waals surface area contributed by atoms with Crippen LogP contribution in [0.25, 0.3) is 0 Å². The molecular weight excluding hydrogens is 226 g/mol. The lowest BCUT2D eigenvalue weighted by molar-refractivity contribution is 0.398. The third-order valence-corrected chi connectivity index (χ3v) is 2.60. The fourth-order valence-corrected chi connectivity index (χ4v) is 1.65. The van der Waals surface area contributed by atoms with E-state index in [4.69, 9.17) is 20.4 Å². The normalized spacial score (nSPS) is 12.9. The zero-order valence-electron chi connectivity index (χ0n) is 9.29. The lowest BCUT2D eigenvalue weighted by Gasteiger charge is -2.09. The van der Waals surface area contributed by atoms with Gasteiger partial charge in [0.15, 0.2) is 5.22 Å². The molecule has 2 heterocycles. The summed E-state index contributed by atoms with van der Waals surface area (Å²) in [6.07, 6.45) is 0. The fourth-order valence-electron chi connectivity index (χ4n) is 1.49. The predicted molar refractivity (Wildman–Crippen MR) is 62.4 cm³/mol. The van der Waals surface area contributed by atoms with Crippen LogP contribution in [0.4, 0.5) is 0 Å². The van der Waals surface area contributed by atoms with Crippen LogP contribution >= 0.6 is 11.6 Å². The van der Waals surface area contributed by atoms with Gasteiger partial charge >= 0.3 is 0 Å². The number of hydrogen-bond donors (Lipinski definition) is 1. The van der Waals surface area contributed by atoms with Gasteiger partial charge in [0.25, 0.3) is 0 Å². The van der Waals surface area contributed by atoms with Crippen molar-refractivity contribution in [2.75, 3.05) is 0 Å². The van der Waals surface area contributed by atoms with E-state index in [1.807, 2.05) is 32.0 Å². The molecule has 86 valence electrons. The van der Waals surface area contributed by atoms with Gasteiger partial charge in [-0.2, -0.15) is 0 Å². The maximum atomic E-state index is 5.68. The molecule has 2 rings (SSSR count). The molecule has 0 saturated carbocycles. The van der Waals surface area contributed by atoms with Gasteiger partial charge < -0.3 is 14.2 Å². The first-order valence-electron chi connectivity index (χ1n) is 5.19. The Morgan fingerprint density at radius 2 is 2.06 bits per heavy atom. The Bertz CT molecular complexity index is 461. The zero-order chi connectivity index (χ0) is 11.5. The Morgan fingerprint density at radius 3 is 2.62 bits per heavy atom. The van der Waals surface area contributed by atoms with E-state index >= 15 is 0 Å². The average Bonchev–Trinajstić information content (AvgIpc) is 2.84. The highest BCUT2D eigenvalue weighted by Gasteiger charge is 2.09. The van der Waals surface area contributed by atoms with Crippen LogP contribution in [-0.4, -0.2) is 0 Å². The van der Waals surface area contributed by atoms with Gasteiger partial charge in [0.1, 0.15) is 17.3 Å². The second-order valence-corrected chi connectivity index (χ2v) is 4.13. The van der Waals surface area contributed by atoms with E-state index in [1.165, 1.54) is 0 Å². The van der Waals surface area contributed by atoms with Gasteiger partial charge in [-0.3, -0.25) is 0 Å². The Balaban J connectivity index is 1.91. The van der Waals surface area contributed by atoms with Crippen LogP contribution in [0.15, 0.2) is 33.1 Å². The number of nitrogens with one attached hydrogen (secondary N) is 1. The van der Waals surface area contributed by atoms with Crippen LogP contribution in [0.2, 0.25) is 5.22 Å². The second-order valence-electron chi connectivity index (χ2n) is 3.76. The van der Waals surface area contributed by atoms with E-state index < -0.39 is 0 Å². The van der Waals surface area contributed by atoms with Crippen molar-refractivity contribution in [2.24, 2.45) is 0 Å². The largest absolute Gasteiger partial charge is 0.465 e. The summed E-state index contributed by atoms with van der Waals surface area (Å²) in [5.41, 5.74) is 0. The summed E-state index contributed by atoms with van der Waals surface area (Å²) in [5, 5.41) is 3.71. The summed E-state index contributed by atoms with van der Waals surface area (Å²) in [7, 11) is 0. The Kier molecular flexibility index (Phi) is 3.36. The van der Waals surface area contributed by atoms with Gasteiger partial charge in [-0.05, 0) is 49.7 Å². The maximum Gasteiger partial charge on any atom is 0.193 e. The third kappa shape index (κ3) is 2.68. The van der Waals surface area contributed by atoms with Crippen LogP contribution in [0, 0.1) is 6.92 Å². The molecule has 0 aromatic carbocycles. The minimum absolute atomic E-state index is 0.151. The SMILES string of the molecule is Cc1ccc(C(C)NCc2ccc(Cl)o2)o1. The molecule has 0 radical (unpaired) electrons. The summed E-state index contributed by atoms with van der Waals surface area (Å²) in [5.74, 6) is 2.67.